The van der Waals surface area contributed by atoms with E-state index in [0.717, 1.165) is 0 Å². The fraction of sp³-hybridized carbons (Fsp3) is 0. The zero-order valence-electron chi connectivity index (χ0n) is 5.57. The van der Waals surface area contributed by atoms with Gasteiger partial charge in [0.1, 0.15) is 0 Å². The van der Waals surface area contributed by atoms with Crippen LogP contribution >= 0.6 is 7.67 Å². The first-order valence-electron chi connectivity index (χ1n) is 3.14. The van der Waals surface area contributed by atoms with Gasteiger partial charge in [0.25, 0.3) is 0 Å². The van der Waals surface area contributed by atoms with Gasteiger partial charge in [0.2, 0.25) is 0 Å². The minimum atomic E-state index is -3.58. The van der Waals surface area contributed by atoms with Crippen LogP contribution in [-0.2, 0) is 4.57 Å². The van der Waals surface area contributed by atoms with Crippen molar-refractivity contribution in [3.8, 4) is 0 Å². The van der Waals surface area contributed by atoms with Crippen molar-refractivity contribution in [2.75, 3.05) is 10.2 Å². The van der Waals surface area contributed by atoms with Gasteiger partial charge in [-0.3, -0.25) is 4.57 Å². The lowest BCUT2D eigenvalue weighted by atomic mass is 10.3. The van der Waals surface area contributed by atoms with E-state index >= 15 is 0 Å². The molecule has 1 aliphatic rings. The Kier molecular flexibility index (Phi) is 1.22. The van der Waals surface area contributed by atoms with Crippen LogP contribution in [0.2, 0.25) is 0 Å². The lowest BCUT2D eigenvalue weighted by Crippen LogP contribution is -2.09. The molecule has 0 saturated heterocycles. The number of hydrogen-bond donors (Lipinski definition) is 2. The molecule has 58 valence electrons. The number of fused-ring (bicyclic) bond motifs is 1. The Morgan fingerprint density at radius 1 is 1.18 bits per heavy atom. The van der Waals surface area contributed by atoms with E-state index in [1.165, 1.54) is 0 Å². The van der Waals surface area contributed by atoms with E-state index in [2.05, 4.69) is 10.2 Å². The van der Waals surface area contributed by atoms with Crippen molar-refractivity contribution in [2.24, 2.45) is 0 Å². The van der Waals surface area contributed by atoms with E-state index in [-0.39, 0.29) is 0 Å². The summed E-state index contributed by atoms with van der Waals surface area (Å²) < 4.78 is 10.9. The van der Waals surface area contributed by atoms with Gasteiger partial charge in [0.05, 0.1) is 11.4 Å². The maximum atomic E-state index is 10.9. The van der Waals surface area contributed by atoms with Crippen LogP contribution in [0.3, 0.4) is 0 Å². The van der Waals surface area contributed by atoms with Crippen LogP contribution in [0.4, 0.5) is 11.4 Å². The molecule has 1 heterocycles. The highest BCUT2D eigenvalue weighted by Gasteiger charge is 2.18. The second-order valence-electron chi connectivity index (χ2n) is 2.32. The van der Waals surface area contributed by atoms with Gasteiger partial charge in [-0.05, 0) is 12.1 Å². The summed E-state index contributed by atoms with van der Waals surface area (Å²) in [5.74, 6) is 0. The van der Waals surface area contributed by atoms with Crippen LogP contribution in [0, 0.1) is 0 Å². The fourth-order valence-corrected chi connectivity index (χ4v) is 2.10. The van der Waals surface area contributed by atoms with Crippen LogP contribution < -0.4 is 15.1 Å². The van der Waals surface area contributed by atoms with Crippen molar-refractivity contribution in [3.05, 3.63) is 24.3 Å². The lowest BCUT2D eigenvalue weighted by molar-refractivity contribution is -0.171. The van der Waals surface area contributed by atoms with Crippen molar-refractivity contribution < 1.29 is 9.46 Å². The third-order valence-corrected chi connectivity index (χ3v) is 2.53. The third-order valence-electron chi connectivity index (χ3n) is 1.46. The molecule has 5 heteroatoms. The smallest absolute Gasteiger partial charge is 0.193 e. The van der Waals surface area contributed by atoms with Gasteiger partial charge >= 0.3 is 0 Å². The Bertz CT molecular complexity index is 310. The van der Waals surface area contributed by atoms with E-state index in [1.54, 1.807) is 24.3 Å². The Morgan fingerprint density at radius 3 is 2.09 bits per heavy atom. The average Bonchev–Trinajstić information content (AvgIpc) is 2.21. The molecule has 4 nitrogen and oxygen atoms in total. The van der Waals surface area contributed by atoms with Crippen molar-refractivity contribution in [2.45, 2.75) is 0 Å². The molecule has 0 amide bonds. The van der Waals surface area contributed by atoms with Gasteiger partial charge in [-0.25, -0.2) is 0 Å². The molecule has 0 bridgehead atoms. The van der Waals surface area contributed by atoms with Crippen molar-refractivity contribution in [3.63, 3.8) is 0 Å². The highest BCUT2D eigenvalue weighted by atomic mass is 31.2. The number of nitrogens with one attached hydrogen (secondary N) is 2. The van der Waals surface area contributed by atoms with Gasteiger partial charge in [-0.2, -0.15) is 0 Å². The first-order chi connectivity index (χ1) is 5.17. The van der Waals surface area contributed by atoms with E-state index in [0.29, 0.717) is 11.4 Å². The van der Waals surface area contributed by atoms with E-state index in [9.17, 15) is 9.46 Å². The number of para-hydroxylation sites is 2. The third kappa shape index (κ3) is 1.11. The molecule has 1 aromatic carbocycles. The van der Waals surface area contributed by atoms with Crippen molar-refractivity contribution in [1.82, 2.24) is 0 Å². The maximum Gasteiger partial charge on any atom is 0.193 e. The average molecular weight is 169 g/mol. The molecule has 11 heavy (non-hydrogen) atoms. The second kappa shape index (κ2) is 2.00. The van der Waals surface area contributed by atoms with Crippen LogP contribution in [0.1, 0.15) is 0 Å². The topological polar surface area (TPSA) is 64.2 Å². The molecule has 0 spiro atoms. The Hall–Kier alpha value is -0.990. The highest BCUT2D eigenvalue weighted by molar-refractivity contribution is 7.60. The SMILES string of the molecule is O=P1([O-])Nc2ccccc2N1. The Morgan fingerprint density at radius 2 is 1.64 bits per heavy atom. The predicted octanol–water partition coefficient (Wildman–Crippen LogP) is 0.992. The van der Waals surface area contributed by atoms with Gasteiger partial charge in [0.15, 0.2) is 7.67 Å². The zero-order chi connectivity index (χ0) is 7.90. The standard InChI is InChI=1S/C6H7N2O2P/c9-11(10)7-5-3-1-2-4-6(5)8-11/h1-4H,(H3,7,8,9,10)/p-1. The first-order valence-corrected chi connectivity index (χ1v) is 4.76. The molecule has 1 aromatic rings. The molecule has 0 aromatic heterocycles. The van der Waals surface area contributed by atoms with Gasteiger partial charge in [0, 0.05) is 0 Å². The largest absolute Gasteiger partial charge is 0.767 e. The predicted molar refractivity (Wildman–Crippen MR) is 41.3 cm³/mol. The molecule has 0 radical (unpaired) electrons. The molecule has 0 fully saturated rings. The van der Waals surface area contributed by atoms with E-state index < -0.39 is 7.67 Å². The molecule has 0 atom stereocenters. The second-order valence-corrected chi connectivity index (χ2v) is 3.87. The Balaban J connectivity index is 2.49. The minimum Gasteiger partial charge on any atom is -0.767 e. The maximum absolute atomic E-state index is 10.9. The van der Waals surface area contributed by atoms with E-state index in [4.69, 9.17) is 0 Å². The van der Waals surface area contributed by atoms with Crippen LogP contribution in [0.15, 0.2) is 24.3 Å². The highest BCUT2D eigenvalue weighted by Crippen LogP contribution is 2.47. The van der Waals surface area contributed by atoms with Crippen LogP contribution in [0.5, 0.6) is 0 Å². The van der Waals surface area contributed by atoms with Crippen molar-refractivity contribution >= 4 is 19.0 Å². The molecule has 1 aliphatic heterocycles. The number of benzene rings is 1. The molecule has 2 N–H and O–H groups in total. The summed E-state index contributed by atoms with van der Waals surface area (Å²) >= 11 is 0. The van der Waals surface area contributed by atoms with Crippen LogP contribution in [0.25, 0.3) is 0 Å². The molecule has 0 aliphatic carbocycles. The van der Waals surface area contributed by atoms with Gasteiger partial charge < -0.3 is 15.1 Å². The fourth-order valence-electron chi connectivity index (χ4n) is 1.02. The van der Waals surface area contributed by atoms with Gasteiger partial charge in [-0.15, -0.1) is 0 Å². The quantitative estimate of drug-likeness (QED) is 0.568. The summed E-state index contributed by atoms with van der Waals surface area (Å²) in [5.41, 5.74) is 1.23. The lowest BCUT2D eigenvalue weighted by Gasteiger charge is -2.16. The summed E-state index contributed by atoms with van der Waals surface area (Å²) in [5, 5.41) is 4.73. The van der Waals surface area contributed by atoms with Crippen molar-refractivity contribution in [1.29, 1.82) is 0 Å². The zero-order valence-corrected chi connectivity index (χ0v) is 6.47. The minimum absolute atomic E-state index is 0.617. The number of rotatable bonds is 0. The van der Waals surface area contributed by atoms with Crippen LogP contribution in [-0.4, -0.2) is 0 Å². The number of hydrogen-bond acceptors (Lipinski definition) is 2. The first kappa shape index (κ1) is 6.70. The van der Waals surface area contributed by atoms with Gasteiger partial charge in [-0.1, -0.05) is 12.1 Å². The molecular formula is C6H6N2O2P-. The summed E-state index contributed by atoms with van der Waals surface area (Å²) in [6.07, 6.45) is 0. The number of anilines is 2. The summed E-state index contributed by atoms with van der Waals surface area (Å²) in [4.78, 5) is 10.9. The molecule has 2 rings (SSSR count). The summed E-state index contributed by atoms with van der Waals surface area (Å²) in [6, 6.07) is 6.97. The molecule has 0 unspecified atom stereocenters. The monoisotopic (exact) mass is 169 g/mol. The summed E-state index contributed by atoms with van der Waals surface area (Å²) in [6.45, 7) is 0. The Labute approximate surface area is 63.8 Å². The molecular weight excluding hydrogens is 163 g/mol. The summed E-state index contributed by atoms with van der Waals surface area (Å²) in [7, 11) is -3.58. The molecule has 0 saturated carbocycles. The normalized spacial score (nSPS) is 18.3. The van der Waals surface area contributed by atoms with E-state index in [1.807, 2.05) is 0 Å².